The number of carbonyl (C=O) groups is 3. The average molecular weight is 748 g/mol. The van der Waals surface area contributed by atoms with Crippen LogP contribution in [0.5, 0.6) is 0 Å². The molecule has 5 aliphatic carbocycles. The van der Waals surface area contributed by atoms with Crippen LogP contribution in [0.25, 0.3) is 11.6 Å². The molecule has 4 saturated carbocycles. The van der Waals surface area contributed by atoms with E-state index in [1.165, 1.54) is 5.57 Å². The number of rotatable bonds is 8. The number of nitrogens with zero attached hydrogens (tertiary/aromatic N) is 3. The molecule has 0 saturated heterocycles. The highest BCUT2D eigenvalue weighted by atomic mass is 35.5. The number of pyridine rings is 1. The number of allylic oxidation sites excluding steroid dienone is 2. The van der Waals surface area contributed by atoms with Crippen LogP contribution in [0.2, 0.25) is 5.02 Å². The fourth-order valence-corrected chi connectivity index (χ4v) is 13.1. The zero-order chi connectivity index (χ0) is 38.5. The number of ketones is 1. The zero-order valence-corrected chi connectivity index (χ0v) is 33.9. The van der Waals surface area contributed by atoms with Crippen LogP contribution in [0.15, 0.2) is 33.9 Å². The van der Waals surface area contributed by atoms with Gasteiger partial charge in [0.15, 0.2) is 5.78 Å². The molecular formula is C43H58ClN3O6. The Kier molecular flexibility index (Phi) is 9.19. The van der Waals surface area contributed by atoms with E-state index in [9.17, 15) is 19.5 Å². The first-order valence-corrected chi connectivity index (χ1v) is 20.2. The lowest BCUT2D eigenvalue weighted by Crippen LogP contribution is -2.65. The van der Waals surface area contributed by atoms with Gasteiger partial charge in [-0.3, -0.25) is 14.4 Å². The van der Waals surface area contributed by atoms with E-state index in [0.29, 0.717) is 53.1 Å². The second-order valence-electron chi connectivity index (χ2n) is 19.7. The second-order valence-corrected chi connectivity index (χ2v) is 20.2. The second kappa shape index (κ2) is 12.7. The van der Waals surface area contributed by atoms with Crippen molar-refractivity contribution < 1.29 is 28.6 Å². The monoisotopic (exact) mass is 747 g/mol. The molecule has 5 aliphatic rings. The van der Waals surface area contributed by atoms with Gasteiger partial charge in [-0.2, -0.15) is 0 Å². The van der Waals surface area contributed by atoms with E-state index < -0.39 is 17.4 Å². The number of fused-ring (bicyclic) bond motifs is 7. The lowest BCUT2D eigenvalue weighted by molar-refractivity contribution is -0.233. The number of Topliss-reactive ketones (excluding diaryl/α,β-unsaturated/α-hetero) is 1. The van der Waals surface area contributed by atoms with Crippen molar-refractivity contribution >= 4 is 29.3 Å². The third-order valence-corrected chi connectivity index (χ3v) is 16.1. The molecule has 0 aromatic carbocycles. The number of carboxylic acid groups (broad SMARTS) is 1. The van der Waals surface area contributed by atoms with Crippen LogP contribution in [0.4, 0.5) is 0 Å². The predicted octanol–water partition coefficient (Wildman–Crippen LogP) is 9.72. The van der Waals surface area contributed by atoms with Crippen molar-refractivity contribution in [3.05, 3.63) is 40.4 Å². The number of carboxylic acids is 1. The van der Waals surface area contributed by atoms with E-state index in [4.69, 9.17) is 20.8 Å². The molecule has 1 N–H and O–H groups in total. The summed E-state index contributed by atoms with van der Waals surface area (Å²) in [6, 6.07) is 3.54. The summed E-state index contributed by atoms with van der Waals surface area (Å²) in [7, 11) is 0. The van der Waals surface area contributed by atoms with Crippen molar-refractivity contribution in [1.29, 1.82) is 0 Å². The molecule has 8 atom stereocenters. The fraction of sp³-hybridized carbons (Fsp3) is 0.721. The van der Waals surface area contributed by atoms with E-state index in [2.05, 4.69) is 63.6 Å². The van der Waals surface area contributed by atoms with Gasteiger partial charge in [0, 0.05) is 29.9 Å². The van der Waals surface area contributed by atoms with Gasteiger partial charge in [0.2, 0.25) is 5.89 Å². The molecule has 10 heteroatoms. The molecule has 0 unspecified atom stereocenters. The van der Waals surface area contributed by atoms with E-state index in [0.717, 1.165) is 56.9 Å². The molecule has 0 spiro atoms. The molecule has 9 nitrogen and oxygen atoms in total. The number of halogens is 1. The van der Waals surface area contributed by atoms with E-state index in [1.807, 2.05) is 0 Å². The third-order valence-electron chi connectivity index (χ3n) is 15.9. The topological polar surface area (TPSA) is 132 Å². The fourth-order valence-electron chi connectivity index (χ4n) is 13.0. The first-order chi connectivity index (χ1) is 24.7. The number of carbonyl (C=O) groups excluding carboxylic acids is 2. The van der Waals surface area contributed by atoms with Gasteiger partial charge in [-0.05, 0) is 123 Å². The summed E-state index contributed by atoms with van der Waals surface area (Å²) in [5.74, 6) is 1.08. The standard InChI is InChI=1S/C43H58ClN3O6/c1-24(2)34-28(48)20-43(21-32-46-47-36(53-32)27-12-10-25(44)23-45-27)19-18-41(8)26(35(34)43)11-13-30-40(7)16-15-31(52-33(49)22-38(3,4)37(50)51)39(5,6)29(40)14-17-42(30,41)9/h10,12,23-24,26,29-31H,11,13-22H2,1-9H3,(H,50,51)/t26-,29+,30-,31+,40+,41-,42-,43+/m1/s1. The van der Waals surface area contributed by atoms with Gasteiger partial charge >= 0.3 is 11.9 Å². The number of aromatic nitrogens is 3. The number of aliphatic carboxylic acids is 1. The lowest BCUT2D eigenvalue weighted by Gasteiger charge is -2.72. The number of esters is 1. The minimum absolute atomic E-state index is 0.0105. The molecule has 2 aromatic heterocycles. The Bertz CT molecular complexity index is 1850. The summed E-state index contributed by atoms with van der Waals surface area (Å²) in [4.78, 5) is 43.3. The van der Waals surface area contributed by atoms with Crippen molar-refractivity contribution in [2.45, 2.75) is 139 Å². The van der Waals surface area contributed by atoms with E-state index in [-0.39, 0.29) is 51.3 Å². The Morgan fingerprint density at radius 2 is 1.72 bits per heavy atom. The molecule has 2 aromatic rings. The van der Waals surface area contributed by atoms with E-state index in [1.54, 1.807) is 32.2 Å². The largest absolute Gasteiger partial charge is 0.481 e. The quantitative estimate of drug-likeness (QED) is 0.262. The third kappa shape index (κ3) is 5.83. The number of ether oxygens (including phenoxy) is 1. The van der Waals surface area contributed by atoms with Crippen LogP contribution in [0, 0.1) is 56.2 Å². The maximum absolute atomic E-state index is 14.1. The van der Waals surface area contributed by atoms with Crippen LogP contribution in [0.1, 0.15) is 132 Å². The SMILES string of the molecule is CC(C)C1=C2[C@H]3CC[C@@H]4[C@@]5(C)CC[C@H](OC(=O)CC(C)(C)C(=O)O)C(C)(C)[C@@H]5CC[C@@]4(C)[C@]3(C)CC[C@@]2(Cc2nnc(-c3ccc(Cl)cn3)o2)CC1=O. The summed E-state index contributed by atoms with van der Waals surface area (Å²) in [6.45, 7) is 19.7. The molecule has 53 heavy (non-hydrogen) atoms. The molecular weight excluding hydrogens is 690 g/mol. The van der Waals surface area contributed by atoms with E-state index >= 15 is 0 Å². The summed E-state index contributed by atoms with van der Waals surface area (Å²) >= 11 is 6.07. The van der Waals surface area contributed by atoms with Crippen LogP contribution in [0.3, 0.4) is 0 Å². The molecule has 7 rings (SSSR count). The van der Waals surface area contributed by atoms with Crippen LogP contribution in [-0.2, 0) is 25.5 Å². The normalized spacial score (nSPS) is 36.4. The molecule has 0 aliphatic heterocycles. The van der Waals surface area contributed by atoms with Crippen LogP contribution >= 0.6 is 11.6 Å². The first-order valence-electron chi connectivity index (χ1n) is 19.8. The van der Waals surface area contributed by atoms with Crippen molar-refractivity contribution in [2.75, 3.05) is 0 Å². The summed E-state index contributed by atoms with van der Waals surface area (Å²) in [5, 5.41) is 19.0. The van der Waals surface area contributed by atoms with Gasteiger partial charge in [-0.1, -0.05) is 65.6 Å². The summed E-state index contributed by atoms with van der Waals surface area (Å²) in [5.41, 5.74) is 1.40. The minimum atomic E-state index is -1.17. The molecule has 288 valence electrons. The highest BCUT2D eigenvalue weighted by Crippen LogP contribution is 2.77. The predicted molar refractivity (Wildman–Crippen MR) is 202 cm³/mol. The minimum Gasteiger partial charge on any atom is -0.481 e. The Balaban J connectivity index is 1.17. The van der Waals surface area contributed by atoms with Gasteiger partial charge in [-0.25, -0.2) is 4.98 Å². The Morgan fingerprint density at radius 3 is 2.38 bits per heavy atom. The highest BCUT2D eigenvalue weighted by Gasteiger charge is 2.70. The van der Waals surface area contributed by atoms with Gasteiger partial charge in [0.05, 0.1) is 16.9 Å². The molecule has 0 amide bonds. The molecule has 2 heterocycles. The lowest BCUT2D eigenvalue weighted by atomic mass is 9.33. The van der Waals surface area contributed by atoms with Gasteiger partial charge in [0.1, 0.15) is 11.8 Å². The molecule has 0 bridgehead atoms. The molecule has 0 radical (unpaired) electrons. The van der Waals surface area contributed by atoms with Gasteiger partial charge < -0.3 is 14.3 Å². The van der Waals surface area contributed by atoms with Gasteiger partial charge in [-0.15, -0.1) is 10.2 Å². The maximum Gasteiger partial charge on any atom is 0.309 e. The zero-order valence-electron chi connectivity index (χ0n) is 33.1. The van der Waals surface area contributed by atoms with Crippen molar-refractivity contribution in [3.63, 3.8) is 0 Å². The number of hydrogen-bond acceptors (Lipinski definition) is 8. The maximum atomic E-state index is 14.1. The Morgan fingerprint density at radius 1 is 0.981 bits per heavy atom. The van der Waals surface area contributed by atoms with Crippen LogP contribution in [-0.4, -0.2) is 44.1 Å². The number of hydrogen-bond donors (Lipinski definition) is 1. The van der Waals surface area contributed by atoms with Crippen LogP contribution < -0.4 is 0 Å². The van der Waals surface area contributed by atoms with Crippen molar-refractivity contribution in [3.8, 4) is 11.6 Å². The van der Waals surface area contributed by atoms with Crippen molar-refractivity contribution in [1.82, 2.24) is 15.2 Å². The first kappa shape index (κ1) is 38.2. The van der Waals surface area contributed by atoms with Crippen molar-refractivity contribution in [2.24, 2.45) is 56.2 Å². The Labute approximate surface area is 319 Å². The summed E-state index contributed by atoms with van der Waals surface area (Å²) < 4.78 is 12.4. The highest BCUT2D eigenvalue weighted by molar-refractivity contribution is 6.30. The summed E-state index contributed by atoms with van der Waals surface area (Å²) in [6.07, 6.45) is 10.2. The Hall–Kier alpha value is -3.07. The average Bonchev–Trinajstić information content (AvgIpc) is 3.64. The molecule has 4 fully saturated rings. The smallest absolute Gasteiger partial charge is 0.309 e. The van der Waals surface area contributed by atoms with Gasteiger partial charge in [0.25, 0.3) is 5.89 Å².